The first-order chi connectivity index (χ1) is 15.0. The van der Waals surface area contributed by atoms with Crippen LogP contribution in [0.15, 0.2) is 53.5 Å². The summed E-state index contributed by atoms with van der Waals surface area (Å²) in [5.41, 5.74) is 10.4. The Morgan fingerprint density at radius 2 is 1.90 bits per heavy atom. The minimum absolute atomic E-state index is 0.0223. The van der Waals surface area contributed by atoms with Crippen LogP contribution < -0.4 is 16.4 Å². The zero-order valence-corrected chi connectivity index (χ0v) is 18.7. The molecular formula is C25H35N5O. The van der Waals surface area contributed by atoms with Crippen molar-refractivity contribution in [3.63, 3.8) is 0 Å². The summed E-state index contributed by atoms with van der Waals surface area (Å²) in [5, 5.41) is 6.76. The van der Waals surface area contributed by atoms with Gasteiger partial charge in [0.2, 0.25) is 5.91 Å². The zero-order chi connectivity index (χ0) is 22.1. The molecule has 1 saturated heterocycles. The molecule has 1 aliphatic rings. The number of nitrogens with zero attached hydrogens (tertiary/aromatic N) is 2. The highest BCUT2D eigenvalue weighted by atomic mass is 16.1. The molecule has 1 atom stereocenters. The monoisotopic (exact) mass is 421 g/mol. The van der Waals surface area contributed by atoms with E-state index in [4.69, 9.17) is 10.7 Å². The second kappa shape index (κ2) is 11.5. The lowest BCUT2D eigenvalue weighted by molar-refractivity contribution is -0.123. The molecule has 2 aromatic carbocycles. The average molecular weight is 422 g/mol. The van der Waals surface area contributed by atoms with Gasteiger partial charge in [0.15, 0.2) is 5.96 Å². The summed E-state index contributed by atoms with van der Waals surface area (Å²) >= 11 is 0. The number of hydrogen-bond acceptors (Lipinski definition) is 3. The van der Waals surface area contributed by atoms with Gasteiger partial charge in [0.1, 0.15) is 0 Å². The smallest absolute Gasteiger partial charge is 0.221 e. The second-order valence-corrected chi connectivity index (χ2v) is 8.33. The Bertz CT molecular complexity index is 895. The maximum atomic E-state index is 11.5. The van der Waals surface area contributed by atoms with Crippen LogP contribution in [-0.4, -0.2) is 36.4 Å². The van der Waals surface area contributed by atoms with Gasteiger partial charge in [-0.2, -0.15) is 0 Å². The number of amides is 1. The molecule has 166 valence electrons. The molecule has 1 unspecified atom stereocenters. The second-order valence-electron chi connectivity index (χ2n) is 8.33. The number of aliphatic imine (C=N–C) groups is 1. The number of guanidine groups is 1. The van der Waals surface area contributed by atoms with E-state index in [1.54, 1.807) is 0 Å². The lowest BCUT2D eigenvalue weighted by Gasteiger charge is -2.31. The molecule has 1 heterocycles. The number of benzene rings is 2. The molecule has 1 fully saturated rings. The van der Waals surface area contributed by atoms with Crippen LogP contribution in [0.1, 0.15) is 42.0 Å². The number of carbonyl (C=O) groups excluding carboxylic acids is 1. The lowest BCUT2D eigenvalue weighted by atomic mass is 9.97. The van der Waals surface area contributed by atoms with Crippen LogP contribution in [-0.2, 0) is 24.4 Å². The minimum Gasteiger partial charge on any atom is -0.369 e. The number of aryl methyl sites for hydroxylation is 1. The Balaban J connectivity index is 1.57. The average Bonchev–Trinajstić information content (AvgIpc) is 2.76. The van der Waals surface area contributed by atoms with Crippen molar-refractivity contribution in [3.8, 4) is 0 Å². The minimum atomic E-state index is -0.177. The zero-order valence-electron chi connectivity index (χ0n) is 18.7. The van der Waals surface area contributed by atoms with E-state index in [1.165, 1.54) is 22.3 Å². The van der Waals surface area contributed by atoms with Crippen molar-refractivity contribution in [3.05, 3.63) is 70.8 Å². The van der Waals surface area contributed by atoms with Crippen molar-refractivity contribution in [2.75, 3.05) is 19.6 Å². The number of nitrogens with one attached hydrogen (secondary N) is 2. The van der Waals surface area contributed by atoms with E-state index in [0.717, 1.165) is 45.0 Å². The Labute approximate surface area is 185 Å². The highest BCUT2D eigenvalue weighted by Crippen LogP contribution is 2.18. The van der Waals surface area contributed by atoms with E-state index in [2.05, 4.69) is 77.9 Å². The number of rotatable bonds is 8. The predicted octanol–water partition coefficient (Wildman–Crippen LogP) is 2.95. The van der Waals surface area contributed by atoms with Crippen molar-refractivity contribution in [1.82, 2.24) is 15.5 Å². The third kappa shape index (κ3) is 7.40. The largest absolute Gasteiger partial charge is 0.369 e. The Morgan fingerprint density at radius 3 is 2.68 bits per heavy atom. The molecule has 1 amide bonds. The van der Waals surface area contributed by atoms with Crippen LogP contribution >= 0.6 is 0 Å². The van der Waals surface area contributed by atoms with Gasteiger partial charge in [0.25, 0.3) is 0 Å². The third-order valence-corrected chi connectivity index (χ3v) is 5.61. The Morgan fingerprint density at radius 1 is 1.13 bits per heavy atom. The number of likely N-dealkylation sites (tertiary alicyclic amines) is 1. The van der Waals surface area contributed by atoms with Crippen LogP contribution in [0.4, 0.5) is 0 Å². The predicted molar refractivity (Wildman–Crippen MR) is 126 cm³/mol. The molecule has 2 aromatic rings. The molecule has 31 heavy (non-hydrogen) atoms. The van der Waals surface area contributed by atoms with Crippen molar-refractivity contribution < 1.29 is 4.79 Å². The van der Waals surface area contributed by atoms with E-state index in [-0.39, 0.29) is 11.8 Å². The highest BCUT2D eigenvalue weighted by Gasteiger charge is 2.23. The lowest BCUT2D eigenvalue weighted by Crippen LogP contribution is -2.40. The molecule has 0 saturated carbocycles. The van der Waals surface area contributed by atoms with Gasteiger partial charge < -0.3 is 16.4 Å². The van der Waals surface area contributed by atoms with Gasteiger partial charge in [-0.15, -0.1) is 0 Å². The van der Waals surface area contributed by atoms with Crippen LogP contribution in [0.2, 0.25) is 0 Å². The molecule has 4 N–H and O–H groups in total. The molecular weight excluding hydrogens is 386 g/mol. The van der Waals surface area contributed by atoms with Crippen LogP contribution in [0.5, 0.6) is 0 Å². The molecule has 0 radical (unpaired) electrons. The van der Waals surface area contributed by atoms with Crippen molar-refractivity contribution in [2.24, 2.45) is 16.6 Å². The SMILES string of the molecule is CCNC(=NCc1cccc(C)c1)NCc1cccc(CN2CCCC(C(N)=O)C2)c1. The molecule has 6 nitrogen and oxygen atoms in total. The summed E-state index contributed by atoms with van der Waals surface area (Å²) in [6, 6.07) is 17.0. The van der Waals surface area contributed by atoms with Gasteiger partial charge in [-0.05, 0) is 49.9 Å². The maximum absolute atomic E-state index is 11.5. The fourth-order valence-corrected chi connectivity index (χ4v) is 4.04. The van der Waals surface area contributed by atoms with Crippen LogP contribution in [0.25, 0.3) is 0 Å². The highest BCUT2D eigenvalue weighted by molar-refractivity contribution is 5.79. The number of piperidine rings is 1. The standard InChI is InChI=1S/C25H35N5O/c1-3-27-25(28-15-20-8-4-7-19(2)13-20)29-16-21-9-5-10-22(14-21)17-30-12-6-11-23(18-30)24(26)31/h4-5,7-10,13-14,23H,3,6,11-12,15-18H2,1-2H3,(H2,26,31)(H2,27,28,29). The number of nitrogens with two attached hydrogens (primary N) is 1. The van der Waals surface area contributed by atoms with E-state index in [9.17, 15) is 4.79 Å². The fraction of sp³-hybridized carbons (Fsp3) is 0.440. The van der Waals surface area contributed by atoms with Gasteiger partial charge in [0.05, 0.1) is 12.5 Å². The molecule has 1 aliphatic heterocycles. The van der Waals surface area contributed by atoms with Gasteiger partial charge in [-0.25, -0.2) is 4.99 Å². The molecule has 3 rings (SSSR count). The molecule has 0 aliphatic carbocycles. The van der Waals surface area contributed by atoms with Crippen LogP contribution in [0.3, 0.4) is 0 Å². The first kappa shape index (κ1) is 22.8. The van der Waals surface area contributed by atoms with Crippen molar-refractivity contribution in [1.29, 1.82) is 0 Å². The normalized spacial score (nSPS) is 17.4. The van der Waals surface area contributed by atoms with E-state index in [1.807, 2.05) is 0 Å². The topological polar surface area (TPSA) is 82.8 Å². The molecule has 0 aromatic heterocycles. The summed E-state index contributed by atoms with van der Waals surface area (Å²) in [4.78, 5) is 18.6. The Kier molecular flexibility index (Phi) is 8.47. The molecule has 0 spiro atoms. The van der Waals surface area contributed by atoms with E-state index < -0.39 is 0 Å². The summed E-state index contributed by atoms with van der Waals surface area (Å²) < 4.78 is 0. The summed E-state index contributed by atoms with van der Waals surface area (Å²) in [7, 11) is 0. The number of primary amides is 1. The first-order valence-electron chi connectivity index (χ1n) is 11.2. The van der Waals surface area contributed by atoms with Crippen molar-refractivity contribution in [2.45, 2.75) is 46.3 Å². The Hall–Kier alpha value is -2.86. The van der Waals surface area contributed by atoms with Gasteiger partial charge in [-0.3, -0.25) is 9.69 Å². The fourth-order valence-electron chi connectivity index (χ4n) is 4.04. The number of carbonyl (C=O) groups is 1. The van der Waals surface area contributed by atoms with Gasteiger partial charge in [-0.1, -0.05) is 54.1 Å². The van der Waals surface area contributed by atoms with Crippen molar-refractivity contribution >= 4 is 11.9 Å². The summed E-state index contributed by atoms with van der Waals surface area (Å²) in [6.45, 7) is 8.96. The molecule has 0 bridgehead atoms. The molecule has 6 heteroatoms. The number of hydrogen-bond donors (Lipinski definition) is 3. The summed E-state index contributed by atoms with van der Waals surface area (Å²) in [5.74, 6) is 0.615. The summed E-state index contributed by atoms with van der Waals surface area (Å²) in [6.07, 6.45) is 1.93. The quantitative estimate of drug-likeness (QED) is 0.452. The van der Waals surface area contributed by atoms with Gasteiger partial charge in [0, 0.05) is 26.2 Å². The van der Waals surface area contributed by atoms with E-state index >= 15 is 0 Å². The maximum Gasteiger partial charge on any atom is 0.221 e. The van der Waals surface area contributed by atoms with Gasteiger partial charge >= 0.3 is 0 Å². The van der Waals surface area contributed by atoms with Crippen LogP contribution in [0, 0.1) is 12.8 Å². The van der Waals surface area contributed by atoms with E-state index in [0.29, 0.717) is 13.1 Å². The first-order valence-corrected chi connectivity index (χ1v) is 11.2. The third-order valence-electron chi connectivity index (χ3n) is 5.61.